The molecule has 2 heterocycles. The van der Waals surface area contributed by atoms with E-state index in [1.54, 1.807) is 28.8 Å². The Morgan fingerprint density at radius 1 is 1.16 bits per heavy atom. The number of hydrogen-bond acceptors (Lipinski definition) is 4. The van der Waals surface area contributed by atoms with Crippen molar-refractivity contribution in [2.24, 2.45) is 0 Å². The number of aromatic hydroxyl groups is 1. The second-order valence-corrected chi connectivity index (χ2v) is 4.02. The smallest absolute Gasteiger partial charge is 0.269 e. The number of imidazole rings is 1. The molecule has 0 atom stereocenters. The molecule has 1 N–H and O–H groups in total. The molecule has 3 aromatic rings. The number of nitro groups is 1. The Kier molecular flexibility index (Phi) is 2.42. The summed E-state index contributed by atoms with van der Waals surface area (Å²) >= 11 is 0. The van der Waals surface area contributed by atoms with Crippen LogP contribution in [0.1, 0.15) is 0 Å². The molecule has 6 nitrogen and oxygen atoms in total. The maximum absolute atomic E-state index is 10.6. The highest BCUT2D eigenvalue weighted by molar-refractivity contribution is 5.70. The van der Waals surface area contributed by atoms with Gasteiger partial charge < -0.3 is 5.11 Å². The first-order valence-corrected chi connectivity index (χ1v) is 5.58. The molecule has 0 unspecified atom stereocenters. The molecule has 0 spiro atoms. The molecule has 19 heavy (non-hydrogen) atoms. The standard InChI is InChI=1S/C13H9N3O3/c17-13-12(15-8-2-1-3-11(15)14-13)9-4-6-10(7-5-9)16(18)19/h1-8,17H. The Labute approximate surface area is 107 Å². The summed E-state index contributed by atoms with van der Waals surface area (Å²) in [6.45, 7) is 0. The third-order valence-corrected chi connectivity index (χ3v) is 2.86. The van der Waals surface area contributed by atoms with Crippen molar-refractivity contribution < 1.29 is 10.0 Å². The van der Waals surface area contributed by atoms with Gasteiger partial charge in [0, 0.05) is 23.9 Å². The fourth-order valence-corrected chi connectivity index (χ4v) is 1.99. The van der Waals surface area contributed by atoms with Gasteiger partial charge in [0.2, 0.25) is 5.88 Å². The van der Waals surface area contributed by atoms with Crippen molar-refractivity contribution in [2.75, 3.05) is 0 Å². The average molecular weight is 255 g/mol. The molecule has 2 aromatic heterocycles. The molecule has 94 valence electrons. The summed E-state index contributed by atoms with van der Waals surface area (Å²) in [4.78, 5) is 14.2. The van der Waals surface area contributed by atoms with Crippen molar-refractivity contribution in [1.82, 2.24) is 9.38 Å². The van der Waals surface area contributed by atoms with Gasteiger partial charge in [0.15, 0.2) is 0 Å². The van der Waals surface area contributed by atoms with Crippen molar-refractivity contribution in [3.63, 3.8) is 0 Å². The number of rotatable bonds is 2. The number of fused-ring (bicyclic) bond motifs is 1. The molecule has 0 fully saturated rings. The Morgan fingerprint density at radius 3 is 2.58 bits per heavy atom. The zero-order valence-electron chi connectivity index (χ0n) is 9.72. The Hall–Kier alpha value is -2.89. The lowest BCUT2D eigenvalue weighted by molar-refractivity contribution is -0.384. The zero-order chi connectivity index (χ0) is 13.4. The van der Waals surface area contributed by atoms with Gasteiger partial charge in [0.25, 0.3) is 5.69 Å². The van der Waals surface area contributed by atoms with Gasteiger partial charge in [0.1, 0.15) is 11.3 Å². The van der Waals surface area contributed by atoms with E-state index in [0.29, 0.717) is 16.9 Å². The Bertz CT molecular complexity index is 762. The van der Waals surface area contributed by atoms with E-state index < -0.39 is 4.92 Å². The van der Waals surface area contributed by atoms with Gasteiger partial charge in [-0.15, -0.1) is 0 Å². The van der Waals surface area contributed by atoms with Gasteiger partial charge in [-0.2, -0.15) is 4.98 Å². The van der Waals surface area contributed by atoms with E-state index >= 15 is 0 Å². The number of hydrogen-bond donors (Lipinski definition) is 1. The van der Waals surface area contributed by atoms with E-state index in [1.165, 1.54) is 12.1 Å². The monoisotopic (exact) mass is 255 g/mol. The largest absolute Gasteiger partial charge is 0.492 e. The van der Waals surface area contributed by atoms with Crippen LogP contribution in [0.25, 0.3) is 16.9 Å². The van der Waals surface area contributed by atoms with E-state index in [9.17, 15) is 15.2 Å². The first-order chi connectivity index (χ1) is 9.16. The second-order valence-electron chi connectivity index (χ2n) is 4.02. The van der Waals surface area contributed by atoms with Gasteiger partial charge in [-0.3, -0.25) is 14.5 Å². The minimum Gasteiger partial charge on any atom is -0.492 e. The molecule has 3 rings (SSSR count). The summed E-state index contributed by atoms with van der Waals surface area (Å²) in [5.41, 5.74) is 1.82. The highest BCUT2D eigenvalue weighted by Crippen LogP contribution is 2.30. The van der Waals surface area contributed by atoms with Crippen molar-refractivity contribution in [1.29, 1.82) is 0 Å². The third kappa shape index (κ3) is 1.79. The average Bonchev–Trinajstić information content (AvgIpc) is 2.74. The van der Waals surface area contributed by atoms with Crippen LogP contribution in [0.4, 0.5) is 5.69 Å². The third-order valence-electron chi connectivity index (χ3n) is 2.86. The summed E-state index contributed by atoms with van der Waals surface area (Å²) in [5.74, 6) is -0.0972. The van der Waals surface area contributed by atoms with Crippen molar-refractivity contribution in [3.05, 3.63) is 58.8 Å². The summed E-state index contributed by atoms with van der Waals surface area (Å²) in [7, 11) is 0. The van der Waals surface area contributed by atoms with Gasteiger partial charge in [-0.25, -0.2) is 0 Å². The molecular formula is C13H9N3O3. The first kappa shape index (κ1) is 11.2. The summed E-state index contributed by atoms with van der Waals surface area (Å²) in [6.07, 6.45) is 1.78. The van der Waals surface area contributed by atoms with Crippen LogP contribution < -0.4 is 0 Å². The van der Waals surface area contributed by atoms with Gasteiger partial charge in [-0.05, 0) is 24.3 Å². The van der Waals surface area contributed by atoms with Crippen molar-refractivity contribution in [2.45, 2.75) is 0 Å². The van der Waals surface area contributed by atoms with Crippen molar-refractivity contribution >= 4 is 11.3 Å². The Morgan fingerprint density at radius 2 is 1.89 bits per heavy atom. The van der Waals surface area contributed by atoms with Crippen LogP contribution in [0.3, 0.4) is 0 Å². The summed E-state index contributed by atoms with van der Waals surface area (Å²) in [6, 6.07) is 11.4. The van der Waals surface area contributed by atoms with E-state index in [-0.39, 0.29) is 11.6 Å². The van der Waals surface area contributed by atoms with E-state index in [2.05, 4.69) is 4.98 Å². The van der Waals surface area contributed by atoms with E-state index in [4.69, 9.17) is 0 Å². The molecule has 1 aromatic carbocycles. The Balaban J connectivity index is 2.18. The molecule has 0 radical (unpaired) electrons. The minimum atomic E-state index is -0.460. The highest BCUT2D eigenvalue weighted by atomic mass is 16.6. The SMILES string of the molecule is O=[N+]([O-])c1ccc(-c2c(O)nc3ccccn23)cc1. The van der Waals surface area contributed by atoms with Crippen LogP contribution in [0.2, 0.25) is 0 Å². The molecule has 0 aliphatic heterocycles. The number of benzene rings is 1. The number of non-ortho nitro benzene ring substituents is 1. The van der Waals surface area contributed by atoms with Gasteiger partial charge in [-0.1, -0.05) is 6.07 Å². The minimum absolute atomic E-state index is 0.0112. The van der Waals surface area contributed by atoms with Crippen LogP contribution in [0.5, 0.6) is 5.88 Å². The topological polar surface area (TPSA) is 80.7 Å². The van der Waals surface area contributed by atoms with Gasteiger partial charge >= 0.3 is 0 Å². The fourth-order valence-electron chi connectivity index (χ4n) is 1.99. The fraction of sp³-hybridized carbons (Fsp3) is 0. The van der Waals surface area contributed by atoms with E-state index in [1.807, 2.05) is 12.1 Å². The molecule has 0 bridgehead atoms. The maximum Gasteiger partial charge on any atom is 0.269 e. The highest BCUT2D eigenvalue weighted by Gasteiger charge is 2.14. The normalized spacial score (nSPS) is 10.7. The number of nitro benzene ring substituents is 1. The molecule has 0 aliphatic rings. The maximum atomic E-state index is 10.6. The van der Waals surface area contributed by atoms with E-state index in [0.717, 1.165) is 0 Å². The number of aromatic nitrogens is 2. The first-order valence-electron chi connectivity index (χ1n) is 5.58. The van der Waals surface area contributed by atoms with Gasteiger partial charge in [0.05, 0.1) is 4.92 Å². The molecule has 0 saturated carbocycles. The van der Waals surface area contributed by atoms with Crippen LogP contribution in [0, 0.1) is 10.1 Å². The lowest BCUT2D eigenvalue weighted by atomic mass is 10.1. The van der Waals surface area contributed by atoms with Crippen LogP contribution in [-0.4, -0.2) is 19.4 Å². The quantitative estimate of drug-likeness (QED) is 0.563. The lowest BCUT2D eigenvalue weighted by Gasteiger charge is -2.01. The molecule has 0 saturated heterocycles. The molecular weight excluding hydrogens is 246 g/mol. The number of pyridine rings is 1. The molecule has 0 amide bonds. The molecule has 0 aliphatic carbocycles. The second kappa shape index (κ2) is 4.09. The summed E-state index contributed by atoms with van der Waals surface area (Å²) < 4.78 is 1.73. The molecule has 6 heteroatoms. The van der Waals surface area contributed by atoms with Crippen LogP contribution >= 0.6 is 0 Å². The van der Waals surface area contributed by atoms with Crippen LogP contribution in [0.15, 0.2) is 48.7 Å². The van der Waals surface area contributed by atoms with Crippen molar-refractivity contribution in [3.8, 4) is 17.1 Å². The van der Waals surface area contributed by atoms with Crippen LogP contribution in [-0.2, 0) is 0 Å². The predicted molar refractivity (Wildman–Crippen MR) is 68.9 cm³/mol. The summed E-state index contributed by atoms with van der Waals surface area (Å²) in [5, 5.41) is 20.5. The zero-order valence-corrected chi connectivity index (χ0v) is 9.72. The number of nitrogens with zero attached hydrogens (tertiary/aromatic N) is 3. The predicted octanol–water partition coefficient (Wildman–Crippen LogP) is 2.62. The lowest BCUT2D eigenvalue weighted by Crippen LogP contribution is -1.89.